The molecule has 0 unspecified atom stereocenters. The Morgan fingerprint density at radius 2 is 1.97 bits per heavy atom. The number of aryl methyl sites for hydroxylation is 1. The van der Waals surface area contributed by atoms with E-state index in [-0.39, 0.29) is 5.56 Å². The number of carboxylic acids is 1. The summed E-state index contributed by atoms with van der Waals surface area (Å²) in [6.07, 6.45) is 8.30. The lowest BCUT2D eigenvalue weighted by molar-refractivity contribution is 0.0697. The van der Waals surface area contributed by atoms with Crippen LogP contribution in [0.5, 0.6) is 0 Å². The van der Waals surface area contributed by atoms with Gasteiger partial charge in [0.2, 0.25) is 0 Å². The molecule has 1 aliphatic heterocycles. The van der Waals surface area contributed by atoms with Crippen molar-refractivity contribution in [3.05, 3.63) is 89.3 Å². The van der Waals surface area contributed by atoms with Gasteiger partial charge in [0.25, 0.3) is 0 Å². The molecule has 2 aromatic carbocycles. The minimum Gasteiger partial charge on any atom is -0.478 e. The number of carboxylic acid groups (broad SMARTS) is 1. The van der Waals surface area contributed by atoms with Gasteiger partial charge >= 0.3 is 5.97 Å². The SMILES string of the molecule is CN(c1ccc(C2=CCOCC2)cc1)c1ccc2c(c1)CC[C@H]2CNc1cnccc1C(=O)O. The minimum absolute atomic E-state index is 0.254. The van der Waals surface area contributed by atoms with Crippen LogP contribution in [-0.4, -0.2) is 42.9 Å². The van der Waals surface area contributed by atoms with Crippen LogP contribution in [0.3, 0.4) is 0 Å². The third-order valence-corrected chi connectivity index (χ3v) is 6.89. The lowest BCUT2D eigenvalue weighted by Crippen LogP contribution is -2.13. The maximum absolute atomic E-state index is 11.5. The molecule has 0 saturated carbocycles. The zero-order chi connectivity index (χ0) is 23.5. The normalized spacial score (nSPS) is 17.1. The van der Waals surface area contributed by atoms with E-state index in [1.165, 1.54) is 40.2 Å². The monoisotopic (exact) mass is 455 g/mol. The summed E-state index contributed by atoms with van der Waals surface area (Å²) in [5.74, 6) is -0.592. The van der Waals surface area contributed by atoms with Gasteiger partial charge in [0.1, 0.15) is 0 Å². The third-order valence-electron chi connectivity index (χ3n) is 6.89. The van der Waals surface area contributed by atoms with Gasteiger partial charge in [-0.25, -0.2) is 4.79 Å². The Bertz CT molecular complexity index is 1220. The van der Waals surface area contributed by atoms with Gasteiger partial charge in [-0.15, -0.1) is 0 Å². The van der Waals surface area contributed by atoms with Gasteiger partial charge in [-0.2, -0.15) is 0 Å². The van der Waals surface area contributed by atoms with Crippen LogP contribution in [0.2, 0.25) is 0 Å². The molecule has 2 heterocycles. The van der Waals surface area contributed by atoms with Crippen LogP contribution < -0.4 is 10.2 Å². The number of aromatic carboxylic acids is 1. The van der Waals surface area contributed by atoms with E-state index >= 15 is 0 Å². The number of hydrogen-bond donors (Lipinski definition) is 2. The Morgan fingerprint density at radius 1 is 1.15 bits per heavy atom. The molecule has 3 aromatic rings. The maximum Gasteiger partial charge on any atom is 0.337 e. The highest BCUT2D eigenvalue weighted by atomic mass is 16.5. The smallest absolute Gasteiger partial charge is 0.337 e. The van der Waals surface area contributed by atoms with E-state index in [0.29, 0.717) is 24.8 Å². The summed E-state index contributed by atoms with van der Waals surface area (Å²) >= 11 is 0. The summed E-state index contributed by atoms with van der Waals surface area (Å²) in [5, 5.41) is 12.7. The fourth-order valence-corrected chi connectivity index (χ4v) is 4.91. The molecule has 0 radical (unpaired) electrons. The van der Waals surface area contributed by atoms with Crippen molar-refractivity contribution in [2.75, 3.05) is 37.0 Å². The van der Waals surface area contributed by atoms with Crippen LogP contribution in [0.4, 0.5) is 17.1 Å². The van der Waals surface area contributed by atoms with Crippen LogP contribution in [0.15, 0.2) is 67.0 Å². The zero-order valence-electron chi connectivity index (χ0n) is 19.3. The molecule has 34 heavy (non-hydrogen) atoms. The quantitative estimate of drug-likeness (QED) is 0.491. The molecule has 2 aliphatic rings. The second-order valence-electron chi connectivity index (χ2n) is 8.89. The first kappa shape index (κ1) is 22.2. The van der Waals surface area contributed by atoms with Crippen molar-refractivity contribution in [3.8, 4) is 0 Å². The maximum atomic E-state index is 11.5. The number of fused-ring (bicyclic) bond motifs is 1. The van der Waals surface area contributed by atoms with E-state index in [1.54, 1.807) is 6.20 Å². The summed E-state index contributed by atoms with van der Waals surface area (Å²) in [7, 11) is 2.11. The number of rotatable bonds is 7. The molecule has 5 rings (SSSR count). The Hall–Kier alpha value is -3.64. The summed E-state index contributed by atoms with van der Waals surface area (Å²) < 4.78 is 5.42. The number of pyridine rings is 1. The zero-order valence-corrected chi connectivity index (χ0v) is 19.3. The van der Waals surface area contributed by atoms with Crippen LogP contribution in [-0.2, 0) is 11.2 Å². The highest BCUT2D eigenvalue weighted by Gasteiger charge is 2.24. The van der Waals surface area contributed by atoms with Gasteiger partial charge in [0.05, 0.1) is 30.7 Å². The molecule has 1 atom stereocenters. The van der Waals surface area contributed by atoms with Crippen molar-refractivity contribution in [2.24, 2.45) is 0 Å². The number of ether oxygens (including phenoxy) is 1. The first-order chi connectivity index (χ1) is 16.6. The topological polar surface area (TPSA) is 74.7 Å². The van der Waals surface area contributed by atoms with E-state index in [1.807, 2.05) is 0 Å². The standard InChI is InChI=1S/C28H29N3O3/c1-31(23-6-4-19(5-7-23)20-11-14-34-15-12-20)24-8-9-25-21(16-24)2-3-22(25)17-30-27-18-29-13-10-26(27)28(32)33/h4-11,13,16,18,22,30H,2-3,12,14-15,17H2,1H3,(H,32,33)/t22-/m0/s1. The summed E-state index contributed by atoms with van der Waals surface area (Å²) in [4.78, 5) is 17.7. The average molecular weight is 456 g/mol. The van der Waals surface area contributed by atoms with Crippen LogP contribution in [0.25, 0.3) is 5.57 Å². The van der Waals surface area contributed by atoms with Gasteiger partial charge in [-0.1, -0.05) is 24.3 Å². The summed E-state index contributed by atoms with van der Waals surface area (Å²) in [6, 6.07) is 17.0. The van der Waals surface area contributed by atoms with Crippen molar-refractivity contribution in [1.82, 2.24) is 4.98 Å². The van der Waals surface area contributed by atoms with Gasteiger partial charge in [-0.3, -0.25) is 4.98 Å². The molecule has 0 fully saturated rings. The molecule has 1 aliphatic carbocycles. The highest BCUT2D eigenvalue weighted by molar-refractivity contribution is 5.93. The van der Waals surface area contributed by atoms with Crippen molar-refractivity contribution in [1.29, 1.82) is 0 Å². The van der Waals surface area contributed by atoms with Crippen molar-refractivity contribution in [3.63, 3.8) is 0 Å². The number of carbonyl (C=O) groups is 1. The first-order valence-electron chi connectivity index (χ1n) is 11.7. The predicted octanol–water partition coefficient (Wildman–Crippen LogP) is 5.49. The van der Waals surface area contributed by atoms with Crippen molar-refractivity contribution < 1.29 is 14.6 Å². The average Bonchev–Trinajstić information content (AvgIpc) is 3.30. The predicted molar refractivity (Wildman–Crippen MR) is 135 cm³/mol. The molecule has 6 nitrogen and oxygen atoms in total. The van der Waals surface area contributed by atoms with Gasteiger partial charge < -0.3 is 20.1 Å². The molecule has 2 N–H and O–H groups in total. The molecule has 0 spiro atoms. The van der Waals surface area contributed by atoms with Crippen molar-refractivity contribution in [2.45, 2.75) is 25.2 Å². The molecular weight excluding hydrogens is 426 g/mol. The molecule has 0 amide bonds. The van der Waals surface area contributed by atoms with E-state index in [0.717, 1.165) is 31.6 Å². The first-order valence-corrected chi connectivity index (χ1v) is 11.7. The molecule has 1 aromatic heterocycles. The summed E-state index contributed by atoms with van der Waals surface area (Å²) in [6.45, 7) is 2.18. The number of anilines is 3. The fourth-order valence-electron chi connectivity index (χ4n) is 4.91. The van der Waals surface area contributed by atoms with Gasteiger partial charge in [0.15, 0.2) is 0 Å². The molecule has 174 valence electrons. The Balaban J connectivity index is 1.27. The minimum atomic E-state index is -0.943. The molecular formula is C28H29N3O3. The lowest BCUT2D eigenvalue weighted by atomic mass is 10.00. The van der Waals surface area contributed by atoms with Crippen LogP contribution >= 0.6 is 0 Å². The second-order valence-corrected chi connectivity index (χ2v) is 8.89. The Labute approximate surface area is 199 Å². The molecule has 6 heteroatoms. The van der Waals surface area contributed by atoms with Crippen molar-refractivity contribution >= 4 is 28.6 Å². The van der Waals surface area contributed by atoms with E-state index in [9.17, 15) is 9.90 Å². The van der Waals surface area contributed by atoms with E-state index in [2.05, 4.69) is 70.8 Å². The second kappa shape index (κ2) is 9.69. The number of benzene rings is 2. The number of nitrogens with one attached hydrogen (secondary N) is 1. The lowest BCUT2D eigenvalue weighted by Gasteiger charge is -2.22. The number of hydrogen-bond acceptors (Lipinski definition) is 5. The van der Waals surface area contributed by atoms with E-state index in [4.69, 9.17) is 4.74 Å². The van der Waals surface area contributed by atoms with Gasteiger partial charge in [0, 0.05) is 37.1 Å². The van der Waals surface area contributed by atoms with Crippen LogP contribution in [0, 0.1) is 0 Å². The van der Waals surface area contributed by atoms with E-state index < -0.39 is 5.97 Å². The summed E-state index contributed by atoms with van der Waals surface area (Å²) in [5.41, 5.74) is 8.49. The molecule has 0 bridgehead atoms. The third kappa shape index (κ3) is 4.54. The van der Waals surface area contributed by atoms with Gasteiger partial charge in [-0.05, 0) is 71.9 Å². The Kier molecular flexibility index (Phi) is 6.32. The fraction of sp³-hybridized carbons (Fsp3) is 0.286. The molecule has 0 saturated heterocycles. The Morgan fingerprint density at radius 3 is 2.74 bits per heavy atom. The number of nitrogens with zero attached hydrogens (tertiary/aromatic N) is 2. The van der Waals surface area contributed by atoms with Crippen LogP contribution in [0.1, 0.15) is 45.8 Å². The number of aromatic nitrogens is 1. The largest absolute Gasteiger partial charge is 0.478 e. The highest BCUT2D eigenvalue weighted by Crippen LogP contribution is 2.37.